The van der Waals surface area contributed by atoms with Gasteiger partial charge in [0, 0.05) is 32.5 Å². The Morgan fingerprint density at radius 2 is 1.89 bits per heavy atom. The van der Waals surface area contributed by atoms with E-state index in [1.54, 1.807) is 19.6 Å². The van der Waals surface area contributed by atoms with Crippen molar-refractivity contribution in [2.75, 3.05) is 30.4 Å². The van der Waals surface area contributed by atoms with E-state index >= 15 is 0 Å². The zero-order valence-electron chi connectivity index (χ0n) is 20.6. The molecule has 0 radical (unpaired) electrons. The highest BCUT2D eigenvalue weighted by Gasteiger charge is 2.21. The number of aryl methyl sites for hydroxylation is 1. The van der Waals surface area contributed by atoms with E-state index < -0.39 is 0 Å². The van der Waals surface area contributed by atoms with E-state index in [0.717, 1.165) is 59.8 Å². The number of anilines is 3. The van der Waals surface area contributed by atoms with Crippen LogP contribution in [-0.2, 0) is 4.74 Å². The summed E-state index contributed by atoms with van der Waals surface area (Å²) < 4.78 is 7.73. The summed E-state index contributed by atoms with van der Waals surface area (Å²) in [5.41, 5.74) is 5.03. The van der Waals surface area contributed by atoms with E-state index in [2.05, 4.69) is 53.8 Å². The van der Waals surface area contributed by atoms with Crippen LogP contribution in [-0.4, -0.2) is 60.8 Å². The van der Waals surface area contributed by atoms with Gasteiger partial charge in [-0.25, -0.2) is 19.9 Å². The Hall–Kier alpha value is -4.05. The highest BCUT2D eigenvalue weighted by molar-refractivity contribution is 5.80. The maximum absolute atomic E-state index is 5.49. The lowest BCUT2D eigenvalue weighted by Crippen LogP contribution is -2.37. The van der Waals surface area contributed by atoms with Gasteiger partial charge in [-0.2, -0.15) is 4.98 Å². The number of ether oxygens (including phenoxy) is 1. The summed E-state index contributed by atoms with van der Waals surface area (Å²) in [5.74, 6) is 3.08. The largest absolute Gasteiger partial charge is 0.381 e. The number of aromatic nitrogens is 7. The van der Waals surface area contributed by atoms with Gasteiger partial charge in [-0.3, -0.25) is 0 Å². The van der Waals surface area contributed by atoms with Crippen LogP contribution in [0.1, 0.15) is 37.2 Å². The first-order chi connectivity index (χ1) is 17.6. The van der Waals surface area contributed by atoms with Crippen LogP contribution in [0.4, 0.5) is 17.6 Å². The molecule has 5 heterocycles. The molecule has 0 bridgehead atoms. The predicted octanol–water partition coefficient (Wildman–Crippen LogP) is 4.37. The molecule has 184 valence electrons. The molecule has 1 aliphatic heterocycles. The minimum Gasteiger partial charge on any atom is -0.381 e. The Kier molecular flexibility index (Phi) is 5.73. The smallest absolute Gasteiger partial charge is 0.227 e. The third-order valence-corrected chi connectivity index (χ3v) is 7.02. The summed E-state index contributed by atoms with van der Waals surface area (Å²) >= 11 is 0. The number of hydrogen-bond acceptors (Lipinski definition) is 8. The van der Waals surface area contributed by atoms with Crippen LogP contribution in [0.15, 0.2) is 49.1 Å². The number of nitrogens with one attached hydrogen (secondary N) is 2. The van der Waals surface area contributed by atoms with Gasteiger partial charge in [-0.1, -0.05) is 6.07 Å². The fraction of sp³-hybridized carbons (Fsp3) is 0.346. The molecule has 1 fully saturated rings. The summed E-state index contributed by atoms with van der Waals surface area (Å²) in [4.78, 5) is 28.3. The number of piperidine rings is 1. The number of pyridine rings is 1. The van der Waals surface area contributed by atoms with Gasteiger partial charge in [0.25, 0.3) is 0 Å². The molecular formula is C26H29N9O. The van der Waals surface area contributed by atoms with Crippen molar-refractivity contribution in [3.8, 4) is 0 Å². The molecule has 4 aromatic heterocycles. The van der Waals surface area contributed by atoms with Crippen molar-refractivity contribution in [3.63, 3.8) is 0 Å². The lowest BCUT2D eigenvalue weighted by Gasteiger charge is -2.31. The van der Waals surface area contributed by atoms with E-state index in [0.29, 0.717) is 17.7 Å². The van der Waals surface area contributed by atoms with E-state index in [1.807, 2.05) is 31.3 Å². The minimum atomic E-state index is 0.0821. The molecule has 0 unspecified atom stereocenters. The molecule has 0 saturated carbocycles. The standard InChI is InChI=1S/C26H29N9O/c1-16(18-4-5-20-21(12-18)30-15-29-20)35-17(2)31-22-14-28-25(13-23(22)35)32-24-6-9-27-26(33-24)34-10-7-19(36-3)8-11-34/h4-6,9,12-16,19H,7-8,10-11H2,1-3H3,(H,29,30)(H,27,28,32,33)/t16-/m1/s1. The van der Waals surface area contributed by atoms with Crippen LogP contribution in [0.2, 0.25) is 0 Å². The summed E-state index contributed by atoms with van der Waals surface area (Å²) in [7, 11) is 1.78. The first-order valence-electron chi connectivity index (χ1n) is 12.2. The summed E-state index contributed by atoms with van der Waals surface area (Å²) in [6, 6.07) is 10.3. The van der Waals surface area contributed by atoms with Gasteiger partial charge in [0.2, 0.25) is 5.95 Å². The first-order valence-corrected chi connectivity index (χ1v) is 12.2. The summed E-state index contributed by atoms with van der Waals surface area (Å²) in [6.07, 6.45) is 7.59. The normalized spacial score (nSPS) is 15.6. The maximum Gasteiger partial charge on any atom is 0.227 e. The fourth-order valence-corrected chi connectivity index (χ4v) is 5.03. The molecule has 0 spiro atoms. The van der Waals surface area contributed by atoms with E-state index in [-0.39, 0.29) is 6.04 Å². The second kappa shape index (κ2) is 9.19. The van der Waals surface area contributed by atoms with Crippen LogP contribution < -0.4 is 10.2 Å². The van der Waals surface area contributed by atoms with Crippen LogP contribution >= 0.6 is 0 Å². The Balaban J connectivity index is 1.27. The minimum absolute atomic E-state index is 0.0821. The van der Waals surface area contributed by atoms with Gasteiger partial charge in [0.05, 0.1) is 41.2 Å². The molecule has 1 aliphatic rings. The SMILES string of the molecule is COC1CCN(c2nccc(Nc3cc4c(cn3)nc(C)n4[C@H](C)c3ccc4nc[nH]c4c3)n2)CC1. The lowest BCUT2D eigenvalue weighted by atomic mass is 10.1. The average Bonchev–Trinajstić information content (AvgIpc) is 3.51. The molecule has 10 nitrogen and oxygen atoms in total. The average molecular weight is 484 g/mol. The van der Waals surface area contributed by atoms with E-state index in [1.165, 1.54) is 5.56 Å². The third-order valence-electron chi connectivity index (χ3n) is 7.02. The van der Waals surface area contributed by atoms with Gasteiger partial charge in [-0.15, -0.1) is 0 Å². The molecule has 10 heteroatoms. The predicted molar refractivity (Wildman–Crippen MR) is 140 cm³/mol. The zero-order valence-corrected chi connectivity index (χ0v) is 20.6. The molecule has 2 N–H and O–H groups in total. The molecule has 1 saturated heterocycles. The number of fused-ring (bicyclic) bond motifs is 2. The van der Waals surface area contributed by atoms with E-state index in [4.69, 9.17) is 14.7 Å². The number of benzene rings is 1. The molecule has 1 aromatic carbocycles. The van der Waals surface area contributed by atoms with Crippen LogP contribution in [0.25, 0.3) is 22.1 Å². The number of H-pyrrole nitrogens is 1. The van der Waals surface area contributed by atoms with E-state index in [9.17, 15) is 0 Å². The molecule has 6 rings (SSSR count). The second-order valence-electron chi connectivity index (χ2n) is 9.23. The Labute approximate surface area is 208 Å². The van der Waals surface area contributed by atoms with Gasteiger partial charge in [0.1, 0.15) is 23.0 Å². The number of rotatable bonds is 6. The van der Waals surface area contributed by atoms with Gasteiger partial charge >= 0.3 is 0 Å². The van der Waals surface area contributed by atoms with Crippen LogP contribution in [0.3, 0.4) is 0 Å². The fourth-order valence-electron chi connectivity index (χ4n) is 5.03. The van der Waals surface area contributed by atoms with Crippen molar-refractivity contribution < 1.29 is 4.74 Å². The topological polar surface area (TPSA) is 110 Å². The van der Waals surface area contributed by atoms with Crippen molar-refractivity contribution in [2.45, 2.75) is 38.8 Å². The number of nitrogens with zero attached hydrogens (tertiary/aromatic N) is 7. The molecule has 36 heavy (non-hydrogen) atoms. The summed E-state index contributed by atoms with van der Waals surface area (Å²) in [5, 5.41) is 3.36. The number of methoxy groups -OCH3 is 1. The quantitative estimate of drug-likeness (QED) is 0.366. The molecule has 5 aromatic rings. The maximum atomic E-state index is 5.49. The molecular weight excluding hydrogens is 454 g/mol. The highest BCUT2D eigenvalue weighted by Crippen LogP contribution is 2.29. The molecule has 0 aliphatic carbocycles. The highest BCUT2D eigenvalue weighted by atomic mass is 16.5. The summed E-state index contributed by atoms with van der Waals surface area (Å²) in [6.45, 7) is 5.98. The van der Waals surface area contributed by atoms with Gasteiger partial charge in [-0.05, 0) is 50.5 Å². The number of aromatic amines is 1. The van der Waals surface area contributed by atoms with Crippen molar-refractivity contribution in [1.29, 1.82) is 0 Å². The zero-order chi connectivity index (χ0) is 24.6. The third kappa shape index (κ3) is 4.13. The Bertz CT molecular complexity index is 1520. The van der Waals surface area contributed by atoms with Gasteiger partial charge < -0.3 is 24.5 Å². The lowest BCUT2D eigenvalue weighted by molar-refractivity contribution is 0.0816. The second-order valence-corrected chi connectivity index (χ2v) is 9.23. The first kappa shape index (κ1) is 22.4. The Morgan fingerprint density at radius 3 is 2.72 bits per heavy atom. The van der Waals surface area contributed by atoms with Crippen molar-refractivity contribution in [3.05, 3.63) is 60.4 Å². The van der Waals surface area contributed by atoms with Gasteiger partial charge in [0.15, 0.2) is 0 Å². The number of imidazole rings is 2. The van der Waals surface area contributed by atoms with Crippen LogP contribution in [0.5, 0.6) is 0 Å². The molecule has 0 amide bonds. The van der Waals surface area contributed by atoms with Crippen molar-refractivity contribution >= 4 is 39.7 Å². The Morgan fingerprint density at radius 1 is 1.03 bits per heavy atom. The van der Waals surface area contributed by atoms with Crippen LogP contribution in [0, 0.1) is 6.92 Å². The van der Waals surface area contributed by atoms with Crippen molar-refractivity contribution in [2.24, 2.45) is 0 Å². The van der Waals surface area contributed by atoms with Crippen molar-refractivity contribution in [1.82, 2.24) is 34.5 Å². The monoisotopic (exact) mass is 483 g/mol. The number of hydrogen-bond donors (Lipinski definition) is 2. The molecule has 1 atom stereocenters.